The normalized spacial score (nSPS) is 15.9. The number of rotatable bonds is 4. The summed E-state index contributed by atoms with van der Waals surface area (Å²) in [5, 5.41) is 5.84. The van der Waals surface area contributed by atoms with Crippen molar-refractivity contribution in [3.05, 3.63) is 83.5 Å². The van der Waals surface area contributed by atoms with Gasteiger partial charge in [-0.3, -0.25) is 0 Å². The van der Waals surface area contributed by atoms with Crippen molar-refractivity contribution < 1.29 is 9.13 Å². The van der Waals surface area contributed by atoms with Gasteiger partial charge in [-0.1, -0.05) is 19.9 Å². The predicted molar refractivity (Wildman–Crippen MR) is 127 cm³/mol. The van der Waals surface area contributed by atoms with Gasteiger partial charge in [0.2, 0.25) is 0 Å². The van der Waals surface area contributed by atoms with E-state index in [1.54, 1.807) is 6.07 Å². The molecule has 6 rings (SSSR count). The highest BCUT2D eigenvalue weighted by molar-refractivity contribution is 5.86. The maximum Gasteiger partial charge on any atom is 0.197 e. The Kier molecular flexibility index (Phi) is 4.84. The van der Waals surface area contributed by atoms with Crippen LogP contribution in [0, 0.1) is 12.7 Å². The number of nitrogens with zero attached hydrogens (tertiary/aromatic N) is 5. The molecule has 0 amide bonds. The first-order chi connectivity index (χ1) is 16.5. The first kappa shape index (κ1) is 20.8. The Morgan fingerprint density at radius 1 is 1.15 bits per heavy atom. The first-order valence-corrected chi connectivity index (χ1v) is 11.5. The molecular weight excluding hydrogens is 431 g/mol. The maximum atomic E-state index is 14.0. The number of nitrogens with one attached hydrogen (secondary N) is 1. The molecule has 1 N–H and O–H groups in total. The minimum absolute atomic E-state index is 0.161. The lowest BCUT2D eigenvalue weighted by atomic mass is 9.93. The van der Waals surface area contributed by atoms with E-state index >= 15 is 0 Å². The highest BCUT2D eigenvalue weighted by atomic mass is 19.1. The van der Waals surface area contributed by atoms with Crippen LogP contribution in [-0.2, 0) is 11.3 Å². The second-order valence-electron chi connectivity index (χ2n) is 9.07. The zero-order chi connectivity index (χ0) is 23.4. The van der Waals surface area contributed by atoms with Crippen LogP contribution in [0.25, 0.3) is 28.1 Å². The average molecular weight is 457 g/mol. The summed E-state index contributed by atoms with van der Waals surface area (Å²) in [4.78, 5) is 12.6. The summed E-state index contributed by atoms with van der Waals surface area (Å²) in [6.45, 7) is 7.24. The number of fused-ring (bicyclic) bond motifs is 2. The molecule has 172 valence electrons. The van der Waals surface area contributed by atoms with E-state index < -0.39 is 0 Å². The lowest BCUT2D eigenvalue weighted by Gasteiger charge is -2.26. The Labute approximate surface area is 196 Å². The van der Waals surface area contributed by atoms with E-state index in [0.29, 0.717) is 19.0 Å². The standard InChI is InChI=1S/C26H25FN6O/c1-15(2)21-12-18(27)4-6-20(21)24-26-30-25(31-33(26)8-9-34-24)23-11-17-10-19(5-7-22(17)29-23)32-13-16(3)28-14-32/h4-7,10-15,24,29H,8-9H2,1-3H3. The highest BCUT2D eigenvalue weighted by Gasteiger charge is 2.29. The molecule has 1 atom stereocenters. The molecule has 0 radical (unpaired) electrons. The molecule has 0 bridgehead atoms. The maximum absolute atomic E-state index is 14.0. The molecular formula is C26H25FN6O. The van der Waals surface area contributed by atoms with Crippen molar-refractivity contribution >= 4 is 10.9 Å². The fourth-order valence-electron chi connectivity index (χ4n) is 4.64. The summed E-state index contributed by atoms with van der Waals surface area (Å²) in [6, 6.07) is 13.2. The number of aryl methyl sites for hydroxylation is 1. The van der Waals surface area contributed by atoms with Gasteiger partial charge < -0.3 is 14.3 Å². The first-order valence-electron chi connectivity index (χ1n) is 11.5. The molecule has 0 spiro atoms. The van der Waals surface area contributed by atoms with Gasteiger partial charge in [0.15, 0.2) is 11.6 Å². The zero-order valence-electron chi connectivity index (χ0n) is 19.3. The van der Waals surface area contributed by atoms with E-state index in [0.717, 1.165) is 44.9 Å². The van der Waals surface area contributed by atoms with E-state index in [1.165, 1.54) is 6.07 Å². The van der Waals surface area contributed by atoms with Crippen molar-refractivity contribution in [3.63, 3.8) is 0 Å². The molecule has 0 saturated heterocycles. The fourth-order valence-corrected chi connectivity index (χ4v) is 4.64. The number of hydrogen-bond acceptors (Lipinski definition) is 4. The number of aromatic amines is 1. The van der Waals surface area contributed by atoms with Gasteiger partial charge in [0.05, 0.1) is 30.9 Å². The lowest BCUT2D eigenvalue weighted by Crippen LogP contribution is -2.24. The average Bonchev–Trinajstić information content (AvgIpc) is 3.55. The molecule has 34 heavy (non-hydrogen) atoms. The van der Waals surface area contributed by atoms with Gasteiger partial charge in [-0.15, -0.1) is 5.10 Å². The van der Waals surface area contributed by atoms with Crippen molar-refractivity contribution in [1.82, 2.24) is 29.3 Å². The van der Waals surface area contributed by atoms with E-state index in [4.69, 9.17) is 14.8 Å². The summed E-state index contributed by atoms with van der Waals surface area (Å²) in [5.41, 5.74) is 5.74. The van der Waals surface area contributed by atoms with Crippen LogP contribution in [0.15, 0.2) is 55.0 Å². The van der Waals surface area contributed by atoms with Gasteiger partial charge in [0.1, 0.15) is 11.9 Å². The molecule has 1 aliphatic rings. The number of aromatic nitrogens is 6. The van der Waals surface area contributed by atoms with Gasteiger partial charge in [-0.05, 0) is 60.4 Å². The fraction of sp³-hybridized carbons (Fsp3) is 0.269. The Morgan fingerprint density at radius 2 is 2.03 bits per heavy atom. The number of benzene rings is 2. The second kappa shape index (κ2) is 7.92. The molecule has 5 aromatic rings. The largest absolute Gasteiger partial charge is 0.364 e. The van der Waals surface area contributed by atoms with Crippen molar-refractivity contribution in [2.75, 3.05) is 6.61 Å². The van der Waals surface area contributed by atoms with Crippen LogP contribution in [-0.4, -0.2) is 35.9 Å². The zero-order valence-corrected chi connectivity index (χ0v) is 19.3. The minimum atomic E-state index is -0.381. The number of H-pyrrole nitrogens is 1. The molecule has 0 saturated carbocycles. The Bertz CT molecular complexity index is 1510. The van der Waals surface area contributed by atoms with Crippen molar-refractivity contribution in [3.8, 4) is 17.2 Å². The van der Waals surface area contributed by atoms with Gasteiger partial charge in [-0.25, -0.2) is 19.0 Å². The number of imidazole rings is 1. The van der Waals surface area contributed by atoms with Gasteiger partial charge >= 0.3 is 0 Å². The third-order valence-corrected chi connectivity index (χ3v) is 6.33. The van der Waals surface area contributed by atoms with Crippen LogP contribution in [0.5, 0.6) is 0 Å². The van der Waals surface area contributed by atoms with Crippen LogP contribution in [0.4, 0.5) is 4.39 Å². The summed E-state index contributed by atoms with van der Waals surface area (Å²) in [6.07, 6.45) is 3.44. The quantitative estimate of drug-likeness (QED) is 0.398. The molecule has 3 aromatic heterocycles. The van der Waals surface area contributed by atoms with E-state index in [2.05, 4.69) is 48.1 Å². The smallest absolute Gasteiger partial charge is 0.197 e. The van der Waals surface area contributed by atoms with E-state index in [9.17, 15) is 4.39 Å². The molecule has 0 aliphatic carbocycles. The lowest BCUT2D eigenvalue weighted by molar-refractivity contribution is 0.0383. The second-order valence-corrected chi connectivity index (χ2v) is 9.07. The molecule has 8 heteroatoms. The molecule has 1 unspecified atom stereocenters. The molecule has 1 aliphatic heterocycles. The number of halogens is 1. The summed E-state index contributed by atoms with van der Waals surface area (Å²) < 4.78 is 24.0. The predicted octanol–water partition coefficient (Wildman–Crippen LogP) is 5.30. The minimum Gasteiger partial charge on any atom is -0.364 e. The summed E-state index contributed by atoms with van der Waals surface area (Å²) in [7, 11) is 0. The molecule has 0 fully saturated rings. The van der Waals surface area contributed by atoms with Crippen LogP contribution < -0.4 is 0 Å². The van der Waals surface area contributed by atoms with Crippen LogP contribution in [0.2, 0.25) is 0 Å². The monoisotopic (exact) mass is 456 g/mol. The molecule has 4 heterocycles. The third kappa shape index (κ3) is 3.51. The molecule has 2 aromatic carbocycles. The van der Waals surface area contributed by atoms with Crippen LogP contribution in [0.1, 0.15) is 48.5 Å². The summed E-state index contributed by atoms with van der Waals surface area (Å²) in [5.74, 6) is 1.28. The van der Waals surface area contributed by atoms with Gasteiger partial charge in [-0.2, -0.15) is 0 Å². The van der Waals surface area contributed by atoms with Crippen molar-refractivity contribution in [2.45, 2.75) is 39.3 Å². The van der Waals surface area contributed by atoms with Gasteiger partial charge in [0, 0.05) is 22.8 Å². The Morgan fingerprint density at radius 3 is 2.82 bits per heavy atom. The SMILES string of the molecule is Cc1cn(-c2ccc3[nH]c(-c4nc5n(n4)CCOC5c4ccc(F)cc4C(C)C)cc3c2)cn1. The van der Waals surface area contributed by atoms with Crippen molar-refractivity contribution in [1.29, 1.82) is 0 Å². The Balaban J connectivity index is 1.39. The Hall–Kier alpha value is -3.78. The van der Waals surface area contributed by atoms with Crippen molar-refractivity contribution in [2.24, 2.45) is 0 Å². The van der Waals surface area contributed by atoms with E-state index in [-0.39, 0.29) is 17.8 Å². The number of ether oxygens (including phenoxy) is 1. The summed E-state index contributed by atoms with van der Waals surface area (Å²) >= 11 is 0. The van der Waals surface area contributed by atoms with Crippen LogP contribution in [0.3, 0.4) is 0 Å². The van der Waals surface area contributed by atoms with Gasteiger partial charge in [0.25, 0.3) is 0 Å². The topological polar surface area (TPSA) is 73.5 Å². The van der Waals surface area contributed by atoms with Crippen LogP contribution >= 0.6 is 0 Å². The third-order valence-electron chi connectivity index (χ3n) is 6.33. The molecule has 7 nitrogen and oxygen atoms in total. The van der Waals surface area contributed by atoms with E-state index in [1.807, 2.05) is 34.8 Å². The highest BCUT2D eigenvalue weighted by Crippen LogP contribution is 2.35. The number of hydrogen-bond donors (Lipinski definition) is 1.